The molecule has 45 heavy (non-hydrogen) atoms. The van der Waals surface area contributed by atoms with Gasteiger partial charge in [-0.3, -0.25) is 14.6 Å². The van der Waals surface area contributed by atoms with Gasteiger partial charge in [-0.25, -0.2) is 14.6 Å². The number of amides is 3. The molecule has 0 radical (unpaired) electrons. The molecule has 1 aliphatic heterocycles. The number of benzene rings is 3. The van der Waals surface area contributed by atoms with Gasteiger partial charge >= 0.3 is 12.0 Å². The Morgan fingerprint density at radius 2 is 1.49 bits per heavy atom. The number of nitrogens with zero attached hydrogens (tertiary/aromatic N) is 4. The maximum atomic E-state index is 14.2. The third-order valence-corrected chi connectivity index (χ3v) is 8.11. The number of imidazole rings is 1. The summed E-state index contributed by atoms with van der Waals surface area (Å²) in [6.45, 7) is 5.03. The molecule has 0 saturated carbocycles. The number of carbonyl (C=O) groups is 3. The van der Waals surface area contributed by atoms with Crippen molar-refractivity contribution in [2.45, 2.75) is 58.5 Å². The second-order valence-corrected chi connectivity index (χ2v) is 11.2. The van der Waals surface area contributed by atoms with Crippen LogP contribution < -0.4 is 0 Å². The summed E-state index contributed by atoms with van der Waals surface area (Å²) in [6.07, 6.45) is 7.93. The standard InChI is InChI=1S/C37H40N4O4/c1-4-6-18-33-38-25-31(40(33)26-27-19-21-30(22-20-27)36(43)45-3)24-32-35(42)39(23-7-5-2)37(44)41(32)34(28-14-10-8-11-15-28)29-16-12-9-13-17-29/h8-17,19-22,24-25,34H,4-7,18,23,26H2,1-3H3/b32-24+. The lowest BCUT2D eigenvalue weighted by Crippen LogP contribution is -2.36. The Balaban J connectivity index is 1.62. The van der Waals surface area contributed by atoms with Crippen LogP contribution in [0.25, 0.3) is 6.08 Å². The number of esters is 1. The summed E-state index contributed by atoms with van der Waals surface area (Å²) in [6, 6.07) is 26.1. The van der Waals surface area contributed by atoms with Crippen molar-refractivity contribution in [1.82, 2.24) is 19.4 Å². The highest BCUT2D eigenvalue weighted by Gasteiger charge is 2.45. The lowest BCUT2D eigenvalue weighted by molar-refractivity contribution is -0.123. The quantitative estimate of drug-likeness (QED) is 0.0912. The Hall–Kier alpha value is -4.98. The highest BCUT2D eigenvalue weighted by Crippen LogP contribution is 2.37. The van der Waals surface area contributed by atoms with Crippen LogP contribution in [0.4, 0.5) is 4.79 Å². The highest BCUT2D eigenvalue weighted by atomic mass is 16.5. The van der Waals surface area contributed by atoms with E-state index in [1.165, 1.54) is 12.0 Å². The Labute approximate surface area is 265 Å². The molecule has 0 N–H and O–H groups in total. The van der Waals surface area contributed by atoms with E-state index in [1.54, 1.807) is 23.2 Å². The molecule has 0 atom stereocenters. The van der Waals surface area contributed by atoms with Crippen LogP contribution >= 0.6 is 0 Å². The number of hydrogen-bond acceptors (Lipinski definition) is 5. The average Bonchev–Trinajstić information content (AvgIpc) is 3.56. The smallest absolute Gasteiger partial charge is 0.337 e. The van der Waals surface area contributed by atoms with Crippen LogP contribution in [0.5, 0.6) is 0 Å². The fourth-order valence-electron chi connectivity index (χ4n) is 5.66. The predicted octanol–water partition coefficient (Wildman–Crippen LogP) is 7.26. The number of hydrogen-bond donors (Lipinski definition) is 0. The van der Waals surface area contributed by atoms with Crippen molar-refractivity contribution in [3.63, 3.8) is 0 Å². The summed E-state index contributed by atoms with van der Waals surface area (Å²) in [5, 5.41) is 0. The van der Waals surface area contributed by atoms with Crippen LogP contribution in [0.3, 0.4) is 0 Å². The molecular weight excluding hydrogens is 564 g/mol. The first kappa shape index (κ1) is 31.4. The summed E-state index contributed by atoms with van der Waals surface area (Å²) < 4.78 is 6.95. The van der Waals surface area contributed by atoms with E-state index < -0.39 is 6.04 Å². The number of imide groups is 1. The van der Waals surface area contributed by atoms with Crippen molar-refractivity contribution < 1.29 is 19.1 Å². The van der Waals surface area contributed by atoms with Crippen LogP contribution in [0, 0.1) is 0 Å². The first-order valence-corrected chi connectivity index (χ1v) is 15.6. The highest BCUT2D eigenvalue weighted by molar-refractivity contribution is 6.14. The van der Waals surface area contributed by atoms with Crippen LogP contribution in [0.2, 0.25) is 0 Å². The van der Waals surface area contributed by atoms with Gasteiger partial charge in [0.25, 0.3) is 5.91 Å². The molecule has 8 heteroatoms. The van der Waals surface area contributed by atoms with Gasteiger partial charge in [0.05, 0.1) is 30.6 Å². The molecule has 0 unspecified atom stereocenters. The fourth-order valence-corrected chi connectivity index (χ4v) is 5.66. The van der Waals surface area contributed by atoms with E-state index in [4.69, 9.17) is 9.72 Å². The summed E-state index contributed by atoms with van der Waals surface area (Å²) in [7, 11) is 1.36. The van der Waals surface area contributed by atoms with Gasteiger partial charge in [0.15, 0.2) is 0 Å². The number of urea groups is 1. The number of aromatic nitrogens is 2. The molecule has 232 valence electrons. The van der Waals surface area contributed by atoms with Crippen LogP contribution in [-0.2, 0) is 22.5 Å². The second-order valence-electron chi connectivity index (χ2n) is 11.2. The van der Waals surface area contributed by atoms with Gasteiger partial charge in [0.2, 0.25) is 0 Å². The molecule has 0 bridgehead atoms. The van der Waals surface area contributed by atoms with E-state index in [1.807, 2.05) is 85.8 Å². The number of carbonyl (C=O) groups excluding carboxylic acids is 3. The molecular formula is C37H40N4O4. The molecule has 2 heterocycles. The minimum atomic E-state index is -0.497. The van der Waals surface area contributed by atoms with Crippen LogP contribution in [0.15, 0.2) is 96.8 Å². The average molecular weight is 605 g/mol. The first-order valence-electron chi connectivity index (χ1n) is 15.6. The first-order chi connectivity index (χ1) is 22.0. The summed E-state index contributed by atoms with van der Waals surface area (Å²) in [4.78, 5) is 48.1. The van der Waals surface area contributed by atoms with Crippen LogP contribution in [-0.4, -0.2) is 50.9 Å². The predicted molar refractivity (Wildman–Crippen MR) is 174 cm³/mol. The van der Waals surface area contributed by atoms with Crippen molar-refractivity contribution in [1.29, 1.82) is 0 Å². The molecule has 3 aromatic carbocycles. The lowest BCUT2D eigenvalue weighted by Gasteiger charge is -2.29. The minimum absolute atomic E-state index is 0.310. The molecule has 0 spiro atoms. The van der Waals surface area contributed by atoms with Crippen molar-refractivity contribution in [2.24, 2.45) is 0 Å². The van der Waals surface area contributed by atoms with Gasteiger partial charge in [-0.1, -0.05) is 99.5 Å². The third kappa shape index (κ3) is 6.90. The molecule has 1 fully saturated rings. The third-order valence-electron chi connectivity index (χ3n) is 8.11. The van der Waals surface area contributed by atoms with Crippen molar-refractivity contribution in [3.05, 3.63) is 131 Å². The number of aryl methyl sites for hydroxylation is 1. The number of ether oxygens (including phenoxy) is 1. The van der Waals surface area contributed by atoms with E-state index in [0.717, 1.165) is 60.3 Å². The molecule has 4 aromatic rings. The van der Waals surface area contributed by atoms with E-state index in [2.05, 4.69) is 11.5 Å². The normalized spacial score (nSPS) is 14.2. The van der Waals surface area contributed by atoms with Gasteiger partial charge in [-0.05, 0) is 47.7 Å². The van der Waals surface area contributed by atoms with Crippen LogP contribution in [0.1, 0.15) is 84.1 Å². The topological polar surface area (TPSA) is 84.7 Å². The Bertz CT molecular complexity index is 1610. The van der Waals surface area contributed by atoms with Gasteiger partial charge < -0.3 is 9.30 Å². The Morgan fingerprint density at radius 3 is 2.07 bits per heavy atom. The largest absolute Gasteiger partial charge is 0.465 e. The van der Waals surface area contributed by atoms with E-state index >= 15 is 0 Å². The summed E-state index contributed by atoms with van der Waals surface area (Å²) in [5.41, 5.74) is 4.33. The van der Waals surface area contributed by atoms with Gasteiger partial charge in [-0.2, -0.15) is 0 Å². The second kappa shape index (κ2) is 14.7. The minimum Gasteiger partial charge on any atom is -0.465 e. The van der Waals surface area contributed by atoms with E-state index in [0.29, 0.717) is 24.4 Å². The summed E-state index contributed by atoms with van der Waals surface area (Å²) >= 11 is 0. The van der Waals surface area contributed by atoms with E-state index in [9.17, 15) is 14.4 Å². The number of unbranched alkanes of at least 4 members (excludes halogenated alkanes) is 2. The Kier molecular flexibility index (Phi) is 10.2. The molecule has 5 rings (SSSR count). The van der Waals surface area contributed by atoms with Gasteiger partial charge in [0.1, 0.15) is 11.5 Å². The fraction of sp³-hybridized carbons (Fsp3) is 0.297. The summed E-state index contributed by atoms with van der Waals surface area (Å²) in [5.74, 6) is 0.201. The molecule has 1 aliphatic rings. The molecule has 8 nitrogen and oxygen atoms in total. The molecule has 0 aliphatic carbocycles. The zero-order valence-electron chi connectivity index (χ0n) is 26.2. The van der Waals surface area contributed by atoms with Gasteiger partial charge in [0, 0.05) is 19.5 Å². The monoisotopic (exact) mass is 604 g/mol. The van der Waals surface area contributed by atoms with Crippen molar-refractivity contribution in [2.75, 3.05) is 13.7 Å². The zero-order valence-corrected chi connectivity index (χ0v) is 26.2. The SMILES string of the molecule is CCCCc1ncc(/C=C2\C(=O)N(CCCC)C(=O)N2C(c2ccccc2)c2ccccc2)n1Cc1ccc(C(=O)OC)cc1. The zero-order chi connectivity index (χ0) is 31.8. The van der Waals surface area contributed by atoms with Gasteiger partial charge in [-0.15, -0.1) is 0 Å². The molecule has 1 aromatic heterocycles. The van der Waals surface area contributed by atoms with Crippen molar-refractivity contribution >= 4 is 24.0 Å². The molecule has 1 saturated heterocycles. The maximum Gasteiger partial charge on any atom is 0.337 e. The number of rotatable bonds is 13. The maximum absolute atomic E-state index is 14.2. The van der Waals surface area contributed by atoms with E-state index in [-0.39, 0.29) is 17.9 Å². The van der Waals surface area contributed by atoms with Crippen molar-refractivity contribution in [3.8, 4) is 0 Å². The molecule has 3 amide bonds. The Morgan fingerprint density at radius 1 is 0.867 bits per heavy atom. The number of methoxy groups -OCH3 is 1. The lowest BCUT2D eigenvalue weighted by atomic mass is 9.97.